The summed E-state index contributed by atoms with van der Waals surface area (Å²) in [5, 5.41) is 0. The normalized spacial score (nSPS) is 48.6. The summed E-state index contributed by atoms with van der Waals surface area (Å²) in [7, 11) is 0. The molecule has 2 heteroatoms. The molecule has 1 saturated heterocycles. The van der Waals surface area contributed by atoms with Crippen molar-refractivity contribution < 1.29 is 9.47 Å². The average Bonchev–Trinajstić information content (AvgIpc) is 2.98. The Balaban J connectivity index is 1.87. The summed E-state index contributed by atoms with van der Waals surface area (Å²) in [4.78, 5) is 0. The third-order valence-electron chi connectivity index (χ3n) is 7.56. The van der Waals surface area contributed by atoms with Crippen molar-refractivity contribution >= 4 is 0 Å². The molecule has 0 unspecified atom stereocenters. The first-order chi connectivity index (χ1) is 8.84. The molecule has 4 aliphatic rings. The summed E-state index contributed by atoms with van der Waals surface area (Å²) < 4.78 is 12.5. The number of rotatable bonds is 0. The van der Waals surface area contributed by atoms with Crippen molar-refractivity contribution in [3.63, 3.8) is 0 Å². The second kappa shape index (κ2) is 3.39. The van der Waals surface area contributed by atoms with Crippen molar-refractivity contribution in [2.24, 2.45) is 28.1 Å². The summed E-state index contributed by atoms with van der Waals surface area (Å²) in [6.45, 7) is 11.6. The minimum Gasteiger partial charge on any atom is -0.347 e. The van der Waals surface area contributed by atoms with E-state index in [9.17, 15) is 0 Å². The van der Waals surface area contributed by atoms with E-state index in [1.807, 2.05) is 0 Å². The maximum absolute atomic E-state index is 6.25. The predicted molar refractivity (Wildman–Crippen MR) is 74.7 cm³/mol. The van der Waals surface area contributed by atoms with Crippen LogP contribution in [0.4, 0.5) is 0 Å². The van der Waals surface area contributed by atoms with Gasteiger partial charge in [-0.2, -0.15) is 0 Å². The van der Waals surface area contributed by atoms with Gasteiger partial charge < -0.3 is 9.47 Å². The van der Waals surface area contributed by atoms with Gasteiger partial charge in [0, 0.05) is 12.3 Å². The molecule has 19 heavy (non-hydrogen) atoms. The van der Waals surface area contributed by atoms with Gasteiger partial charge in [-0.1, -0.05) is 27.7 Å². The maximum Gasteiger partial charge on any atom is 0.172 e. The minimum absolute atomic E-state index is 0.242. The Labute approximate surface area is 117 Å². The smallest absolute Gasteiger partial charge is 0.172 e. The van der Waals surface area contributed by atoms with Crippen LogP contribution in [0.25, 0.3) is 0 Å². The standard InChI is InChI=1S/C17H28O2/c1-14(2)7-8-17(18-9-10-19-17)13-15(3,4)12-5-6-16(13,14)11-12/h12-13H,5-11H2,1-4H3/t12-,13+,16-/m0/s1. The van der Waals surface area contributed by atoms with Crippen LogP contribution in [0.5, 0.6) is 0 Å². The summed E-state index contributed by atoms with van der Waals surface area (Å²) in [5.41, 5.74) is 1.28. The van der Waals surface area contributed by atoms with Crippen LogP contribution in [0.2, 0.25) is 0 Å². The number of ether oxygens (including phenoxy) is 2. The molecule has 2 bridgehead atoms. The van der Waals surface area contributed by atoms with E-state index in [1.165, 1.54) is 25.7 Å². The second-order valence-corrected chi connectivity index (χ2v) is 8.74. The predicted octanol–water partition coefficient (Wildman–Crippen LogP) is 3.99. The largest absolute Gasteiger partial charge is 0.347 e. The van der Waals surface area contributed by atoms with Crippen LogP contribution in [-0.4, -0.2) is 19.0 Å². The van der Waals surface area contributed by atoms with E-state index >= 15 is 0 Å². The van der Waals surface area contributed by atoms with E-state index in [0.717, 1.165) is 25.6 Å². The lowest BCUT2D eigenvalue weighted by molar-refractivity contribution is -0.288. The minimum atomic E-state index is -0.242. The third kappa shape index (κ3) is 1.26. The molecule has 0 aromatic rings. The van der Waals surface area contributed by atoms with Crippen LogP contribution in [0.15, 0.2) is 0 Å². The molecular weight excluding hydrogens is 236 g/mol. The summed E-state index contributed by atoms with van der Waals surface area (Å²) in [6, 6.07) is 0. The first-order valence-corrected chi connectivity index (χ1v) is 8.12. The summed E-state index contributed by atoms with van der Waals surface area (Å²) in [5.74, 6) is 1.23. The van der Waals surface area contributed by atoms with Gasteiger partial charge in [-0.15, -0.1) is 0 Å². The monoisotopic (exact) mass is 264 g/mol. The Bertz CT molecular complexity index is 405. The molecule has 0 radical (unpaired) electrons. The van der Waals surface area contributed by atoms with Gasteiger partial charge in [0.25, 0.3) is 0 Å². The van der Waals surface area contributed by atoms with Gasteiger partial charge in [0.1, 0.15) is 0 Å². The molecule has 108 valence electrons. The lowest BCUT2D eigenvalue weighted by atomic mass is 9.47. The Morgan fingerprint density at radius 3 is 2.26 bits per heavy atom. The highest BCUT2D eigenvalue weighted by Gasteiger charge is 2.74. The van der Waals surface area contributed by atoms with Crippen molar-refractivity contribution in [3.05, 3.63) is 0 Å². The molecule has 0 amide bonds. The molecule has 2 spiro atoms. The van der Waals surface area contributed by atoms with Gasteiger partial charge in [0.2, 0.25) is 0 Å². The Morgan fingerprint density at radius 1 is 0.895 bits per heavy atom. The van der Waals surface area contributed by atoms with E-state index in [2.05, 4.69) is 27.7 Å². The number of hydrogen-bond donors (Lipinski definition) is 0. The van der Waals surface area contributed by atoms with Crippen LogP contribution in [0, 0.1) is 28.1 Å². The maximum atomic E-state index is 6.25. The van der Waals surface area contributed by atoms with Crippen LogP contribution in [-0.2, 0) is 9.47 Å². The lowest BCUT2D eigenvalue weighted by Gasteiger charge is -2.61. The zero-order valence-corrected chi connectivity index (χ0v) is 12.9. The Kier molecular flexibility index (Phi) is 2.25. The van der Waals surface area contributed by atoms with Gasteiger partial charge in [-0.3, -0.25) is 0 Å². The van der Waals surface area contributed by atoms with Gasteiger partial charge in [-0.25, -0.2) is 0 Å². The zero-order valence-electron chi connectivity index (χ0n) is 12.9. The van der Waals surface area contributed by atoms with Crippen LogP contribution < -0.4 is 0 Å². The van der Waals surface area contributed by atoms with Crippen LogP contribution in [0.1, 0.15) is 59.8 Å². The topological polar surface area (TPSA) is 18.5 Å². The molecule has 1 aliphatic heterocycles. The Morgan fingerprint density at radius 2 is 1.58 bits per heavy atom. The van der Waals surface area contributed by atoms with Crippen molar-refractivity contribution in [1.29, 1.82) is 0 Å². The van der Waals surface area contributed by atoms with Gasteiger partial charge >= 0.3 is 0 Å². The van der Waals surface area contributed by atoms with E-state index in [4.69, 9.17) is 9.47 Å². The fourth-order valence-electron chi connectivity index (χ4n) is 6.58. The molecule has 4 rings (SSSR count). The second-order valence-electron chi connectivity index (χ2n) is 8.74. The number of fused-ring (bicyclic) bond motifs is 2. The van der Waals surface area contributed by atoms with Crippen LogP contribution in [0.3, 0.4) is 0 Å². The molecule has 3 atom stereocenters. The highest BCUT2D eigenvalue weighted by Crippen LogP contribution is 2.77. The van der Waals surface area contributed by atoms with Crippen molar-refractivity contribution in [1.82, 2.24) is 0 Å². The van der Waals surface area contributed by atoms with E-state index in [0.29, 0.717) is 22.2 Å². The average molecular weight is 264 g/mol. The quantitative estimate of drug-likeness (QED) is 0.658. The van der Waals surface area contributed by atoms with Gasteiger partial charge in [0.15, 0.2) is 5.79 Å². The zero-order chi connectivity index (χ0) is 13.5. The fourth-order valence-corrected chi connectivity index (χ4v) is 6.58. The number of hydrogen-bond acceptors (Lipinski definition) is 2. The van der Waals surface area contributed by atoms with Crippen LogP contribution >= 0.6 is 0 Å². The molecule has 3 saturated carbocycles. The van der Waals surface area contributed by atoms with Crippen molar-refractivity contribution in [2.75, 3.05) is 13.2 Å². The van der Waals surface area contributed by atoms with E-state index in [1.54, 1.807) is 0 Å². The van der Waals surface area contributed by atoms with E-state index in [-0.39, 0.29) is 5.79 Å². The molecule has 0 aromatic carbocycles. The SMILES string of the molecule is CC1(C)[C@H]2CC[C@]3(C2)[C@@H]1C1(CCC3(C)C)OCCO1. The van der Waals surface area contributed by atoms with Crippen molar-refractivity contribution in [3.8, 4) is 0 Å². The molecule has 3 aliphatic carbocycles. The molecule has 0 N–H and O–H groups in total. The van der Waals surface area contributed by atoms with Gasteiger partial charge in [0.05, 0.1) is 13.2 Å². The van der Waals surface area contributed by atoms with Crippen molar-refractivity contribution in [2.45, 2.75) is 65.6 Å². The van der Waals surface area contributed by atoms with E-state index < -0.39 is 0 Å². The molecule has 2 nitrogen and oxygen atoms in total. The molecule has 4 fully saturated rings. The highest BCUT2D eigenvalue weighted by atomic mass is 16.7. The fraction of sp³-hybridized carbons (Fsp3) is 1.00. The highest BCUT2D eigenvalue weighted by molar-refractivity contribution is 5.20. The lowest BCUT2D eigenvalue weighted by Crippen LogP contribution is -2.61. The first kappa shape index (κ1) is 12.6. The van der Waals surface area contributed by atoms with Gasteiger partial charge in [-0.05, 0) is 47.8 Å². The molecule has 1 heterocycles. The molecule has 0 aromatic heterocycles. The summed E-state index contributed by atoms with van der Waals surface area (Å²) in [6.07, 6.45) is 6.58. The summed E-state index contributed by atoms with van der Waals surface area (Å²) >= 11 is 0. The first-order valence-electron chi connectivity index (χ1n) is 8.12. The third-order valence-corrected chi connectivity index (χ3v) is 7.56. The Hall–Kier alpha value is -0.0800. The molecular formula is C17H28O2.